The fraction of sp³-hybridized carbons (Fsp3) is 0.176. The summed E-state index contributed by atoms with van der Waals surface area (Å²) in [5.41, 5.74) is 2.65. The van der Waals surface area contributed by atoms with Gasteiger partial charge in [0.25, 0.3) is 5.69 Å². The summed E-state index contributed by atoms with van der Waals surface area (Å²) in [6.07, 6.45) is 0. The Bertz CT molecular complexity index is 987. The van der Waals surface area contributed by atoms with Gasteiger partial charge >= 0.3 is 0 Å². The summed E-state index contributed by atoms with van der Waals surface area (Å²) in [6.45, 7) is 3.73. The van der Waals surface area contributed by atoms with Crippen molar-refractivity contribution in [2.45, 2.75) is 19.0 Å². The first-order valence-electron chi connectivity index (χ1n) is 7.97. The number of benzene rings is 2. The second kappa shape index (κ2) is 7.96. The molecule has 1 aromatic heterocycles. The lowest BCUT2D eigenvalue weighted by Gasteiger charge is -2.07. The Hall–Kier alpha value is -3.27. The molecule has 10 heteroatoms. The highest BCUT2D eigenvalue weighted by atomic mass is 32.2. The highest BCUT2D eigenvalue weighted by Crippen LogP contribution is 2.26. The summed E-state index contributed by atoms with van der Waals surface area (Å²) < 4.78 is 1.53. The minimum absolute atomic E-state index is 0.0112. The summed E-state index contributed by atoms with van der Waals surface area (Å²) in [5, 5.41) is 25.7. The molecular weight excluding hydrogens is 368 g/mol. The number of carbonyl (C=O) groups excluding carboxylic acids is 1. The fourth-order valence-electron chi connectivity index (χ4n) is 2.33. The van der Waals surface area contributed by atoms with Gasteiger partial charge in [-0.2, -0.15) is 4.68 Å². The van der Waals surface area contributed by atoms with E-state index >= 15 is 0 Å². The first kappa shape index (κ1) is 18.5. The minimum atomic E-state index is -0.520. The van der Waals surface area contributed by atoms with E-state index < -0.39 is 4.92 Å². The SMILES string of the molecule is Cc1ccc(-n2nnnc2SCC(=O)Nc2ccc(C)cc2[N+](=O)[O-])cc1. The van der Waals surface area contributed by atoms with Gasteiger partial charge in [0.2, 0.25) is 11.1 Å². The van der Waals surface area contributed by atoms with Crippen molar-refractivity contribution in [3.63, 3.8) is 0 Å². The van der Waals surface area contributed by atoms with Gasteiger partial charge in [-0.15, -0.1) is 5.10 Å². The standard InChI is InChI=1S/C17H16N6O3S/c1-11-3-6-13(7-4-11)22-17(19-20-21-22)27-10-16(24)18-14-8-5-12(2)9-15(14)23(25)26/h3-9H,10H2,1-2H3,(H,18,24). The number of anilines is 1. The molecule has 0 spiro atoms. The molecule has 1 amide bonds. The van der Waals surface area contributed by atoms with Crippen LogP contribution in [0.4, 0.5) is 11.4 Å². The molecule has 0 bridgehead atoms. The van der Waals surface area contributed by atoms with E-state index in [1.807, 2.05) is 31.2 Å². The molecule has 0 radical (unpaired) electrons. The summed E-state index contributed by atoms with van der Waals surface area (Å²) in [5.74, 6) is -0.373. The van der Waals surface area contributed by atoms with Crippen LogP contribution in [0, 0.1) is 24.0 Å². The van der Waals surface area contributed by atoms with Gasteiger partial charge in [-0.3, -0.25) is 14.9 Å². The smallest absolute Gasteiger partial charge is 0.293 e. The van der Waals surface area contributed by atoms with E-state index in [0.29, 0.717) is 5.16 Å². The minimum Gasteiger partial charge on any atom is -0.320 e. The van der Waals surface area contributed by atoms with Gasteiger partial charge in [-0.25, -0.2) is 0 Å². The topological polar surface area (TPSA) is 116 Å². The Morgan fingerprint density at radius 3 is 2.59 bits per heavy atom. The number of aromatic nitrogens is 4. The zero-order valence-corrected chi connectivity index (χ0v) is 15.4. The Balaban J connectivity index is 1.68. The van der Waals surface area contributed by atoms with Crippen molar-refractivity contribution < 1.29 is 9.72 Å². The summed E-state index contributed by atoms with van der Waals surface area (Å²) in [7, 11) is 0. The van der Waals surface area contributed by atoms with Crippen molar-refractivity contribution in [3.8, 4) is 5.69 Å². The molecule has 0 atom stereocenters. The summed E-state index contributed by atoms with van der Waals surface area (Å²) in [6, 6.07) is 12.3. The number of thioether (sulfide) groups is 1. The molecule has 27 heavy (non-hydrogen) atoms. The molecule has 0 aliphatic carbocycles. The summed E-state index contributed by atoms with van der Waals surface area (Å²) in [4.78, 5) is 22.9. The first-order chi connectivity index (χ1) is 12.9. The predicted molar refractivity (Wildman–Crippen MR) is 101 cm³/mol. The molecule has 1 N–H and O–H groups in total. The molecule has 138 valence electrons. The number of nitrogens with one attached hydrogen (secondary N) is 1. The van der Waals surface area contributed by atoms with E-state index in [9.17, 15) is 14.9 Å². The van der Waals surface area contributed by atoms with E-state index in [-0.39, 0.29) is 23.0 Å². The second-order valence-electron chi connectivity index (χ2n) is 5.82. The largest absolute Gasteiger partial charge is 0.320 e. The van der Waals surface area contributed by atoms with Gasteiger partial charge in [0.1, 0.15) is 5.69 Å². The van der Waals surface area contributed by atoms with Crippen LogP contribution in [0.15, 0.2) is 47.6 Å². The summed E-state index contributed by atoms with van der Waals surface area (Å²) >= 11 is 1.14. The van der Waals surface area contributed by atoms with Crippen molar-refractivity contribution in [3.05, 3.63) is 63.7 Å². The van der Waals surface area contributed by atoms with Crippen LogP contribution in [0.5, 0.6) is 0 Å². The maximum atomic E-state index is 12.2. The van der Waals surface area contributed by atoms with Crippen LogP contribution < -0.4 is 5.32 Å². The molecular formula is C17H16N6O3S. The van der Waals surface area contributed by atoms with Crippen molar-refractivity contribution in [1.29, 1.82) is 0 Å². The van der Waals surface area contributed by atoms with Crippen molar-refractivity contribution in [2.24, 2.45) is 0 Å². The van der Waals surface area contributed by atoms with E-state index in [0.717, 1.165) is 28.6 Å². The van der Waals surface area contributed by atoms with Crippen LogP contribution in [-0.2, 0) is 4.79 Å². The van der Waals surface area contributed by atoms with Gasteiger partial charge < -0.3 is 5.32 Å². The third kappa shape index (κ3) is 4.47. The molecule has 2 aromatic carbocycles. The molecule has 3 aromatic rings. The molecule has 1 heterocycles. The van der Waals surface area contributed by atoms with Gasteiger partial charge in [0.05, 0.1) is 16.4 Å². The highest BCUT2D eigenvalue weighted by Gasteiger charge is 2.17. The lowest BCUT2D eigenvalue weighted by molar-refractivity contribution is -0.384. The van der Waals surface area contributed by atoms with Crippen LogP contribution in [0.1, 0.15) is 11.1 Å². The number of amides is 1. The Kier molecular flexibility index (Phi) is 5.46. The number of nitrogens with zero attached hydrogens (tertiary/aromatic N) is 5. The lowest BCUT2D eigenvalue weighted by Crippen LogP contribution is -2.15. The number of nitro benzene ring substituents is 1. The van der Waals surface area contributed by atoms with Crippen LogP contribution in [-0.4, -0.2) is 36.8 Å². The molecule has 0 saturated heterocycles. The van der Waals surface area contributed by atoms with Gasteiger partial charge in [-0.05, 0) is 48.0 Å². The fourth-order valence-corrected chi connectivity index (χ4v) is 3.02. The monoisotopic (exact) mass is 384 g/mol. The molecule has 0 saturated carbocycles. The molecule has 3 rings (SSSR count). The zero-order chi connectivity index (χ0) is 19.4. The maximum absolute atomic E-state index is 12.2. The van der Waals surface area contributed by atoms with E-state index in [2.05, 4.69) is 20.8 Å². The number of carbonyl (C=O) groups is 1. The lowest BCUT2D eigenvalue weighted by atomic mass is 10.2. The van der Waals surface area contributed by atoms with Gasteiger partial charge in [0.15, 0.2) is 0 Å². The van der Waals surface area contributed by atoms with Crippen molar-refractivity contribution in [2.75, 3.05) is 11.1 Å². The molecule has 0 fully saturated rings. The highest BCUT2D eigenvalue weighted by molar-refractivity contribution is 7.99. The Morgan fingerprint density at radius 2 is 1.89 bits per heavy atom. The van der Waals surface area contributed by atoms with E-state index in [1.165, 1.54) is 16.8 Å². The normalized spacial score (nSPS) is 10.6. The molecule has 0 aliphatic rings. The van der Waals surface area contributed by atoms with Crippen molar-refractivity contribution in [1.82, 2.24) is 20.2 Å². The van der Waals surface area contributed by atoms with Crippen LogP contribution >= 0.6 is 11.8 Å². The first-order valence-corrected chi connectivity index (χ1v) is 8.96. The van der Waals surface area contributed by atoms with E-state index in [1.54, 1.807) is 13.0 Å². The third-order valence-electron chi connectivity index (χ3n) is 3.68. The third-order valence-corrected chi connectivity index (χ3v) is 4.60. The number of aryl methyl sites for hydroxylation is 2. The second-order valence-corrected chi connectivity index (χ2v) is 6.77. The average Bonchev–Trinajstić information content (AvgIpc) is 3.10. The molecule has 0 unspecified atom stereocenters. The zero-order valence-electron chi connectivity index (χ0n) is 14.6. The van der Waals surface area contributed by atoms with Gasteiger partial charge in [0, 0.05) is 6.07 Å². The molecule has 0 aliphatic heterocycles. The number of hydrogen-bond acceptors (Lipinski definition) is 7. The van der Waals surface area contributed by atoms with E-state index in [4.69, 9.17) is 0 Å². The number of nitro groups is 1. The Morgan fingerprint density at radius 1 is 1.19 bits per heavy atom. The predicted octanol–water partition coefficient (Wildman–Crippen LogP) is 2.92. The number of tetrazole rings is 1. The van der Waals surface area contributed by atoms with Crippen LogP contribution in [0.3, 0.4) is 0 Å². The van der Waals surface area contributed by atoms with Crippen LogP contribution in [0.2, 0.25) is 0 Å². The van der Waals surface area contributed by atoms with Crippen molar-refractivity contribution >= 4 is 29.0 Å². The molecule has 9 nitrogen and oxygen atoms in total. The Labute approximate surface area is 158 Å². The quantitative estimate of drug-likeness (QED) is 0.394. The number of hydrogen-bond donors (Lipinski definition) is 1. The maximum Gasteiger partial charge on any atom is 0.293 e. The number of rotatable bonds is 6. The van der Waals surface area contributed by atoms with Crippen LogP contribution in [0.25, 0.3) is 5.69 Å². The average molecular weight is 384 g/mol. The van der Waals surface area contributed by atoms with Gasteiger partial charge in [-0.1, -0.05) is 35.5 Å².